The van der Waals surface area contributed by atoms with Crippen molar-refractivity contribution in [2.75, 3.05) is 24.5 Å². The Labute approximate surface area is 104 Å². The van der Waals surface area contributed by atoms with Crippen LogP contribution in [0.15, 0.2) is 22.7 Å². The van der Waals surface area contributed by atoms with Gasteiger partial charge < -0.3 is 16.4 Å². The van der Waals surface area contributed by atoms with E-state index in [0.717, 1.165) is 23.2 Å². The lowest BCUT2D eigenvalue weighted by Gasteiger charge is -2.23. The van der Waals surface area contributed by atoms with E-state index in [1.54, 1.807) is 12.1 Å². The smallest absolute Gasteiger partial charge is 0.248 e. The first-order valence-corrected chi connectivity index (χ1v) is 5.93. The Balaban J connectivity index is 3.01. The predicted molar refractivity (Wildman–Crippen MR) is 69.6 cm³/mol. The van der Waals surface area contributed by atoms with Crippen LogP contribution in [0.1, 0.15) is 17.3 Å². The molecule has 0 spiro atoms. The van der Waals surface area contributed by atoms with Gasteiger partial charge >= 0.3 is 0 Å². The number of hydrogen-bond donors (Lipinski definition) is 2. The third-order valence-electron chi connectivity index (χ3n) is 2.35. The zero-order valence-corrected chi connectivity index (χ0v) is 10.8. The highest BCUT2D eigenvalue weighted by molar-refractivity contribution is 9.10. The molecule has 88 valence electrons. The zero-order chi connectivity index (χ0) is 12.1. The fourth-order valence-corrected chi connectivity index (χ4v) is 2.15. The van der Waals surface area contributed by atoms with Gasteiger partial charge in [0.25, 0.3) is 0 Å². The number of carbonyl (C=O) groups excluding carboxylic acids is 1. The molecule has 0 aliphatic heterocycles. The quantitative estimate of drug-likeness (QED) is 0.857. The fourth-order valence-electron chi connectivity index (χ4n) is 1.52. The van der Waals surface area contributed by atoms with Gasteiger partial charge in [-0.05, 0) is 41.1 Å². The molecule has 5 heteroatoms. The van der Waals surface area contributed by atoms with Crippen molar-refractivity contribution < 1.29 is 4.79 Å². The molecule has 1 aromatic carbocycles. The molecule has 0 radical (unpaired) electrons. The van der Waals surface area contributed by atoms with Crippen LogP contribution in [0, 0.1) is 0 Å². The van der Waals surface area contributed by atoms with Crippen LogP contribution in [-0.4, -0.2) is 25.5 Å². The van der Waals surface area contributed by atoms with E-state index < -0.39 is 5.91 Å². The number of carbonyl (C=O) groups is 1. The van der Waals surface area contributed by atoms with Gasteiger partial charge in [-0.3, -0.25) is 4.79 Å². The lowest BCUT2D eigenvalue weighted by Crippen LogP contribution is -2.29. The first kappa shape index (κ1) is 13.0. The summed E-state index contributed by atoms with van der Waals surface area (Å²) in [6.07, 6.45) is 0. The molecule has 0 saturated carbocycles. The molecule has 0 saturated heterocycles. The van der Waals surface area contributed by atoms with Crippen molar-refractivity contribution in [3.8, 4) is 0 Å². The van der Waals surface area contributed by atoms with Gasteiger partial charge in [0.2, 0.25) is 5.91 Å². The highest BCUT2D eigenvalue weighted by Crippen LogP contribution is 2.27. The Morgan fingerprint density at radius 1 is 1.50 bits per heavy atom. The number of nitrogens with zero attached hydrogens (tertiary/aromatic N) is 1. The number of halogens is 1. The number of likely N-dealkylation sites (N-methyl/N-ethyl adjacent to an activating group) is 1. The van der Waals surface area contributed by atoms with Crippen molar-refractivity contribution in [3.63, 3.8) is 0 Å². The van der Waals surface area contributed by atoms with Crippen LogP contribution >= 0.6 is 15.9 Å². The molecule has 16 heavy (non-hydrogen) atoms. The van der Waals surface area contributed by atoms with E-state index in [9.17, 15) is 4.79 Å². The standard InChI is InChI=1S/C11H16BrN3O/c1-2-15(6-5-13)10-4-3-8(11(14)16)7-9(10)12/h3-4,7H,2,5-6,13H2,1H3,(H2,14,16). The van der Waals surface area contributed by atoms with Gasteiger partial charge in [0, 0.05) is 29.7 Å². The summed E-state index contributed by atoms with van der Waals surface area (Å²) in [5, 5.41) is 0. The van der Waals surface area contributed by atoms with Crippen LogP contribution in [0.25, 0.3) is 0 Å². The van der Waals surface area contributed by atoms with E-state index in [1.807, 2.05) is 6.07 Å². The van der Waals surface area contributed by atoms with E-state index in [0.29, 0.717) is 12.1 Å². The van der Waals surface area contributed by atoms with Gasteiger partial charge in [0.15, 0.2) is 0 Å². The monoisotopic (exact) mass is 285 g/mol. The van der Waals surface area contributed by atoms with Gasteiger partial charge in [0.1, 0.15) is 0 Å². The minimum Gasteiger partial charge on any atom is -0.370 e. The first-order valence-electron chi connectivity index (χ1n) is 5.14. The van der Waals surface area contributed by atoms with Crippen molar-refractivity contribution in [2.45, 2.75) is 6.92 Å². The van der Waals surface area contributed by atoms with Crippen molar-refractivity contribution >= 4 is 27.5 Å². The maximum atomic E-state index is 11.0. The maximum absolute atomic E-state index is 11.0. The average molecular weight is 286 g/mol. The number of benzene rings is 1. The summed E-state index contributed by atoms with van der Waals surface area (Å²) in [5.41, 5.74) is 12.3. The van der Waals surface area contributed by atoms with Gasteiger partial charge in [-0.25, -0.2) is 0 Å². The molecule has 0 unspecified atom stereocenters. The Hall–Kier alpha value is -1.07. The Morgan fingerprint density at radius 3 is 2.62 bits per heavy atom. The van der Waals surface area contributed by atoms with Crippen LogP contribution in [0.3, 0.4) is 0 Å². The molecule has 0 aliphatic carbocycles. The molecular formula is C11H16BrN3O. The predicted octanol–water partition coefficient (Wildman–Crippen LogP) is 1.33. The Bertz CT molecular complexity index is 381. The lowest BCUT2D eigenvalue weighted by molar-refractivity contribution is 0.100. The molecule has 0 aliphatic rings. The minimum atomic E-state index is -0.422. The fraction of sp³-hybridized carbons (Fsp3) is 0.364. The third-order valence-corrected chi connectivity index (χ3v) is 2.99. The summed E-state index contributed by atoms with van der Waals surface area (Å²) in [7, 11) is 0. The van der Waals surface area contributed by atoms with Crippen molar-refractivity contribution in [2.24, 2.45) is 11.5 Å². The maximum Gasteiger partial charge on any atom is 0.248 e. The normalized spacial score (nSPS) is 10.2. The van der Waals surface area contributed by atoms with Gasteiger partial charge in [0.05, 0.1) is 5.69 Å². The zero-order valence-electron chi connectivity index (χ0n) is 9.24. The molecular weight excluding hydrogens is 270 g/mol. The molecule has 1 rings (SSSR count). The van der Waals surface area contributed by atoms with E-state index in [2.05, 4.69) is 27.8 Å². The number of rotatable bonds is 5. The van der Waals surface area contributed by atoms with Gasteiger partial charge in [-0.15, -0.1) is 0 Å². The summed E-state index contributed by atoms with van der Waals surface area (Å²) in [4.78, 5) is 13.1. The minimum absolute atomic E-state index is 0.422. The number of primary amides is 1. The molecule has 1 aromatic rings. The summed E-state index contributed by atoms with van der Waals surface area (Å²) in [6, 6.07) is 5.34. The van der Waals surface area contributed by atoms with E-state index in [-0.39, 0.29) is 0 Å². The molecule has 4 nitrogen and oxygen atoms in total. The number of anilines is 1. The summed E-state index contributed by atoms with van der Waals surface area (Å²) < 4.78 is 0.860. The Morgan fingerprint density at radius 2 is 2.19 bits per heavy atom. The molecule has 0 bridgehead atoms. The molecule has 1 amide bonds. The second kappa shape index (κ2) is 5.86. The van der Waals surface area contributed by atoms with Crippen LogP contribution in [0.5, 0.6) is 0 Å². The summed E-state index contributed by atoms with van der Waals surface area (Å²) >= 11 is 3.44. The summed E-state index contributed by atoms with van der Waals surface area (Å²) in [6.45, 7) is 4.30. The highest BCUT2D eigenvalue weighted by atomic mass is 79.9. The van der Waals surface area contributed by atoms with Crippen molar-refractivity contribution in [3.05, 3.63) is 28.2 Å². The van der Waals surface area contributed by atoms with E-state index in [4.69, 9.17) is 11.5 Å². The highest BCUT2D eigenvalue weighted by Gasteiger charge is 2.09. The number of nitrogens with two attached hydrogens (primary N) is 2. The second-order valence-corrected chi connectivity index (χ2v) is 4.25. The number of hydrogen-bond acceptors (Lipinski definition) is 3. The Kier molecular flexibility index (Phi) is 4.76. The third kappa shape index (κ3) is 2.96. The molecule has 0 aromatic heterocycles. The summed E-state index contributed by atoms with van der Waals surface area (Å²) in [5.74, 6) is -0.422. The number of amides is 1. The van der Waals surface area contributed by atoms with Gasteiger partial charge in [-0.2, -0.15) is 0 Å². The molecule has 0 heterocycles. The van der Waals surface area contributed by atoms with E-state index in [1.165, 1.54) is 0 Å². The average Bonchev–Trinajstić information content (AvgIpc) is 2.26. The molecule has 0 fully saturated rings. The van der Waals surface area contributed by atoms with Crippen molar-refractivity contribution in [1.29, 1.82) is 0 Å². The van der Waals surface area contributed by atoms with Crippen LogP contribution in [-0.2, 0) is 0 Å². The largest absolute Gasteiger partial charge is 0.370 e. The second-order valence-electron chi connectivity index (χ2n) is 3.40. The van der Waals surface area contributed by atoms with Crippen molar-refractivity contribution in [1.82, 2.24) is 0 Å². The van der Waals surface area contributed by atoms with E-state index >= 15 is 0 Å². The lowest BCUT2D eigenvalue weighted by atomic mass is 10.2. The van der Waals surface area contributed by atoms with Crippen LogP contribution in [0.2, 0.25) is 0 Å². The van der Waals surface area contributed by atoms with Crippen LogP contribution < -0.4 is 16.4 Å². The first-order chi connectivity index (χ1) is 7.60. The van der Waals surface area contributed by atoms with Gasteiger partial charge in [-0.1, -0.05) is 0 Å². The van der Waals surface area contributed by atoms with Crippen LogP contribution in [0.4, 0.5) is 5.69 Å². The topological polar surface area (TPSA) is 72.3 Å². The molecule has 4 N–H and O–H groups in total. The molecule has 0 atom stereocenters. The SMILES string of the molecule is CCN(CCN)c1ccc(C(N)=O)cc1Br.